The van der Waals surface area contributed by atoms with Crippen LogP contribution in [0.25, 0.3) is 0 Å². The number of likely N-dealkylation sites (tertiary alicyclic amines) is 1. The van der Waals surface area contributed by atoms with Crippen LogP contribution >= 0.6 is 0 Å². The van der Waals surface area contributed by atoms with Gasteiger partial charge in [-0.15, -0.1) is 0 Å². The molecule has 2 aromatic carbocycles. The van der Waals surface area contributed by atoms with Crippen LogP contribution in [-0.2, 0) is 11.2 Å². The largest absolute Gasteiger partial charge is 0.481 e. The van der Waals surface area contributed by atoms with Crippen LogP contribution in [0, 0.1) is 11.8 Å². The lowest BCUT2D eigenvalue weighted by atomic mass is 9.88. The second-order valence-corrected chi connectivity index (χ2v) is 7.46. The summed E-state index contributed by atoms with van der Waals surface area (Å²) in [5, 5.41) is 9.24. The maximum atomic E-state index is 12.8. The average molecular weight is 365 g/mol. The fraction of sp³-hybridized carbons (Fsp3) is 0.391. The molecule has 27 heavy (non-hydrogen) atoms. The molecular weight excluding hydrogens is 338 g/mol. The lowest BCUT2D eigenvalue weighted by Gasteiger charge is -2.33. The number of carbonyl (C=O) groups is 2. The van der Waals surface area contributed by atoms with Crippen molar-refractivity contribution in [2.45, 2.75) is 25.7 Å². The zero-order valence-electron chi connectivity index (χ0n) is 15.6. The van der Waals surface area contributed by atoms with Gasteiger partial charge in [-0.1, -0.05) is 60.7 Å². The minimum Gasteiger partial charge on any atom is -0.481 e. The predicted molar refractivity (Wildman–Crippen MR) is 106 cm³/mol. The molecule has 0 radical (unpaired) electrons. The van der Waals surface area contributed by atoms with E-state index in [1.54, 1.807) is 12.1 Å². The lowest BCUT2D eigenvalue weighted by Crippen LogP contribution is -2.40. The van der Waals surface area contributed by atoms with Crippen LogP contribution in [0.15, 0.2) is 60.7 Å². The number of rotatable bonds is 8. The van der Waals surface area contributed by atoms with Crippen molar-refractivity contribution in [3.63, 3.8) is 0 Å². The molecule has 2 aromatic rings. The summed E-state index contributed by atoms with van der Waals surface area (Å²) >= 11 is 0. The van der Waals surface area contributed by atoms with Gasteiger partial charge >= 0.3 is 5.97 Å². The van der Waals surface area contributed by atoms with E-state index in [0.717, 1.165) is 32.4 Å². The Balaban J connectivity index is 1.55. The van der Waals surface area contributed by atoms with E-state index in [2.05, 4.69) is 29.2 Å². The first-order valence-corrected chi connectivity index (χ1v) is 9.69. The molecule has 1 N–H and O–H groups in total. The summed E-state index contributed by atoms with van der Waals surface area (Å²) in [6.45, 7) is 2.38. The quantitative estimate of drug-likeness (QED) is 0.721. The van der Waals surface area contributed by atoms with Gasteiger partial charge < -0.3 is 10.0 Å². The molecular formula is C23H27NO3. The SMILES string of the molecule is O=C(O)CC(CN1CCC(Cc2ccccc2)CC1)C(=O)c1ccccc1. The highest BCUT2D eigenvalue weighted by molar-refractivity contribution is 5.99. The van der Waals surface area contributed by atoms with Crippen molar-refractivity contribution in [1.29, 1.82) is 0 Å². The van der Waals surface area contributed by atoms with Crippen molar-refractivity contribution in [2.75, 3.05) is 19.6 Å². The van der Waals surface area contributed by atoms with Gasteiger partial charge in [-0.25, -0.2) is 0 Å². The van der Waals surface area contributed by atoms with Gasteiger partial charge in [-0.3, -0.25) is 9.59 Å². The van der Waals surface area contributed by atoms with Gasteiger partial charge in [0.25, 0.3) is 0 Å². The number of nitrogens with zero attached hydrogens (tertiary/aromatic N) is 1. The summed E-state index contributed by atoms with van der Waals surface area (Å²) in [5.74, 6) is -0.811. The highest BCUT2D eigenvalue weighted by atomic mass is 16.4. The minimum absolute atomic E-state index is 0.0654. The van der Waals surface area contributed by atoms with Gasteiger partial charge in [0.1, 0.15) is 0 Å². The molecule has 142 valence electrons. The van der Waals surface area contributed by atoms with Crippen LogP contribution in [0.3, 0.4) is 0 Å². The monoisotopic (exact) mass is 365 g/mol. The summed E-state index contributed by atoms with van der Waals surface area (Å²) in [7, 11) is 0. The molecule has 0 aromatic heterocycles. The minimum atomic E-state index is -0.914. The average Bonchev–Trinajstić information content (AvgIpc) is 2.69. The number of ketones is 1. The number of hydrogen-bond donors (Lipinski definition) is 1. The molecule has 3 rings (SSSR count). The van der Waals surface area contributed by atoms with Gasteiger partial charge in [-0.2, -0.15) is 0 Å². The molecule has 0 bridgehead atoms. The molecule has 1 aliphatic rings. The zero-order valence-corrected chi connectivity index (χ0v) is 15.6. The molecule has 1 aliphatic heterocycles. The standard InChI is InChI=1S/C23H27NO3/c25-22(26)16-21(23(27)20-9-5-2-6-10-20)17-24-13-11-19(12-14-24)15-18-7-3-1-4-8-18/h1-10,19,21H,11-17H2,(H,25,26). The molecule has 1 saturated heterocycles. The van der Waals surface area contributed by atoms with Gasteiger partial charge in [0.05, 0.1) is 6.42 Å². The maximum absolute atomic E-state index is 12.8. The fourth-order valence-electron chi connectivity index (χ4n) is 3.92. The topological polar surface area (TPSA) is 57.6 Å². The number of hydrogen-bond acceptors (Lipinski definition) is 3. The fourth-order valence-corrected chi connectivity index (χ4v) is 3.92. The Morgan fingerprint density at radius 3 is 2.15 bits per heavy atom. The van der Waals surface area contributed by atoms with Crippen molar-refractivity contribution in [2.24, 2.45) is 11.8 Å². The summed E-state index contributed by atoms with van der Waals surface area (Å²) < 4.78 is 0. The van der Waals surface area contributed by atoms with E-state index >= 15 is 0 Å². The van der Waals surface area contributed by atoms with E-state index in [4.69, 9.17) is 0 Å². The van der Waals surface area contributed by atoms with Crippen LogP contribution in [0.2, 0.25) is 0 Å². The van der Waals surface area contributed by atoms with E-state index in [1.807, 2.05) is 24.3 Å². The Kier molecular flexibility index (Phi) is 6.77. The predicted octanol–water partition coefficient (Wildman–Crippen LogP) is 3.91. The second kappa shape index (κ2) is 9.47. The zero-order chi connectivity index (χ0) is 19.1. The Morgan fingerprint density at radius 2 is 1.56 bits per heavy atom. The van der Waals surface area contributed by atoms with E-state index in [0.29, 0.717) is 18.0 Å². The van der Waals surface area contributed by atoms with E-state index < -0.39 is 11.9 Å². The first-order chi connectivity index (χ1) is 13.1. The van der Waals surface area contributed by atoms with E-state index in [-0.39, 0.29) is 12.2 Å². The molecule has 0 aliphatic carbocycles. The Bertz CT molecular complexity index is 737. The number of Topliss-reactive ketones (excluding diaryl/α,β-unsaturated/α-hetero) is 1. The molecule has 4 nitrogen and oxygen atoms in total. The van der Waals surface area contributed by atoms with Gasteiger partial charge in [0.15, 0.2) is 5.78 Å². The third-order valence-corrected chi connectivity index (χ3v) is 5.40. The highest BCUT2D eigenvalue weighted by Crippen LogP contribution is 2.23. The molecule has 0 saturated carbocycles. The molecule has 4 heteroatoms. The van der Waals surface area contributed by atoms with Crippen molar-refractivity contribution in [3.8, 4) is 0 Å². The van der Waals surface area contributed by atoms with Gasteiger partial charge in [-0.05, 0) is 43.8 Å². The molecule has 0 amide bonds. The van der Waals surface area contributed by atoms with Crippen LogP contribution in [-0.4, -0.2) is 41.4 Å². The van der Waals surface area contributed by atoms with E-state index in [1.165, 1.54) is 5.56 Å². The first-order valence-electron chi connectivity index (χ1n) is 9.69. The van der Waals surface area contributed by atoms with Crippen molar-refractivity contribution in [1.82, 2.24) is 4.90 Å². The lowest BCUT2D eigenvalue weighted by molar-refractivity contribution is -0.137. The normalized spacial score (nSPS) is 16.7. The number of carboxylic acid groups (broad SMARTS) is 1. The number of carbonyl (C=O) groups excluding carboxylic acids is 1. The number of aliphatic carboxylic acids is 1. The van der Waals surface area contributed by atoms with Crippen molar-refractivity contribution in [3.05, 3.63) is 71.8 Å². The molecule has 1 unspecified atom stereocenters. The van der Waals surface area contributed by atoms with Crippen LogP contribution in [0.4, 0.5) is 0 Å². The smallest absolute Gasteiger partial charge is 0.304 e. The summed E-state index contributed by atoms with van der Waals surface area (Å²) in [6, 6.07) is 19.6. The summed E-state index contributed by atoms with van der Waals surface area (Å²) in [5.41, 5.74) is 1.97. The van der Waals surface area contributed by atoms with Gasteiger partial charge in [0, 0.05) is 18.0 Å². The summed E-state index contributed by atoms with van der Waals surface area (Å²) in [6.07, 6.45) is 3.16. The van der Waals surface area contributed by atoms with E-state index in [9.17, 15) is 14.7 Å². The number of benzene rings is 2. The Labute approximate surface area is 160 Å². The van der Waals surface area contributed by atoms with Crippen molar-refractivity contribution < 1.29 is 14.7 Å². The molecule has 1 heterocycles. The van der Waals surface area contributed by atoms with Gasteiger partial charge in [0.2, 0.25) is 0 Å². The molecule has 1 fully saturated rings. The first kappa shape index (κ1) is 19.3. The second-order valence-electron chi connectivity index (χ2n) is 7.46. The van der Waals surface area contributed by atoms with Crippen LogP contribution < -0.4 is 0 Å². The van der Waals surface area contributed by atoms with Crippen LogP contribution in [0.1, 0.15) is 35.2 Å². The van der Waals surface area contributed by atoms with Crippen molar-refractivity contribution >= 4 is 11.8 Å². The third-order valence-electron chi connectivity index (χ3n) is 5.40. The molecule has 0 spiro atoms. The summed E-state index contributed by atoms with van der Waals surface area (Å²) in [4.78, 5) is 26.3. The maximum Gasteiger partial charge on any atom is 0.304 e. The Morgan fingerprint density at radius 1 is 0.963 bits per heavy atom. The number of piperidine rings is 1. The Hall–Kier alpha value is -2.46. The third kappa shape index (κ3) is 5.76. The molecule has 1 atom stereocenters. The highest BCUT2D eigenvalue weighted by Gasteiger charge is 2.27. The number of carboxylic acids is 1. The van der Waals surface area contributed by atoms with Crippen LogP contribution in [0.5, 0.6) is 0 Å².